The predicted molar refractivity (Wildman–Crippen MR) is 73.0 cm³/mol. The molecule has 0 atom stereocenters. The average Bonchev–Trinajstić information content (AvgIpc) is 2.41. The Kier molecular flexibility index (Phi) is 4.19. The molecule has 1 amide bonds. The van der Waals surface area contributed by atoms with Gasteiger partial charge in [-0.2, -0.15) is 0 Å². The van der Waals surface area contributed by atoms with Gasteiger partial charge in [0, 0.05) is 11.8 Å². The molecule has 7 heteroatoms. The van der Waals surface area contributed by atoms with Crippen LogP contribution in [0, 0.1) is 0 Å². The first-order chi connectivity index (χ1) is 9.10. The molecular formula is C12H9Cl2N3O2. The molecule has 1 heterocycles. The Morgan fingerprint density at radius 3 is 2.79 bits per heavy atom. The van der Waals surface area contributed by atoms with E-state index in [0.717, 1.165) is 0 Å². The molecule has 0 fully saturated rings. The number of hydrogen-bond acceptors (Lipinski definition) is 4. The number of hydrogen-bond donors (Lipinski definition) is 1. The summed E-state index contributed by atoms with van der Waals surface area (Å²) in [5.41, 5.74) is 0.734. The minimum atomic E-state index is -0.421. The molecule has 0 spiro atoms. The van der Waals surface area contributed by atoms with Crippen molar-refractivity contribution in [1.29, 1.82) is 0 Å². The van der Waals surface area contributed by atoms with Crippen molar-refractivity contribution in [3.05, 3.63) is 46.2 Å². The van der Waals surface area contributed by atoms with Crippen LogP contribution < -0.4 is 10.1 Å². The summed E-state index contributed by atoms with van der Waals surface area (Å²) in [7, 11) is 1.55. The number of anilines is 1. The monoisotopic (exact) mass is 297 g/mol. The molecule has 0 radical (unpaired) electrons. The summed E-state index contributed by atoms with van der Waals surface area (Å²) in [6.07, 6.45) is 0. The Labute approximate surface area is 119 Å². The first-order valence-corrected chi connectivity index (χ1v) is 6.00. The van der Waals surface area contributed by atoms with E-state index < -0.39 is 5.91 Å². The highest BCUT2D eigenvalue weighted by Crippen LogP contribution is 2.20. The molecule has 0 aliphatic rings. The van der Waals surface area contributed by atoms with Gasteiger partial charge in [-0.05, 0) is 18.2 Å². The van der Waals surface area contributed by atoms with E-state index in [1.54, 1.807) is 31.4 Å². The molecule has 5 nitrogen and oxygen atoms in total. The lowest BCUT2D eigenvalue weighted by Crippen LogP contribution is -2.13. The number of halogens is 2. The highest BCUT2D eigenvalue weighted by atomic mass is 35.5. The van der Waals surface area contributed by atoms with E-state index in [2.05, 4.69) is 15.5 Å². The van der Waals surface area contributed by atoms with Crippen LogP contribution in [0.4, 0.5) is 5.69 Å². The molecule has 1 aromatic heterocycles. The summed E-state index contributed by atoms with van der Waals surface area (Å²) >= 11 is 11.5. The van der Waals surface area contributed by atoms with Gasteiger partial charge in [0.15, 0.2) is 10.3 Å². The minimum Gasteiger partial charge on any atom is -0.497 e. The van der Waals surface area contributed by atoms with E-state index in [-0.39, 0.29) is 15.9 Å². The van der Waals surface area contributed by atoms with Crippen LogP contribution in [-0.2, 0) is 0 Å². The highest BCUT2D eigenvalue weighted by Gasteiger charge is 2.13. The van der Waals surface area contributed by atoms with Gasteiger partial charge in [-0.3, -0.25) is 4.79 Å². The molecule has 0 aliphatic heterocycles. The second-order valence-electron chi connectivity index (χ2n) is 3.56. The summed E-state index contributed by atoms with van der Waals surface area (Å²) in [6.45, 7) is 0. The van der Waals surface area contributed by atoms with Crippen LogP contribution in [0.25, 0.3) is 0 Å². The number of carbonyl (C=O) groups is 1. The molecule has 19 heavy (non-hydrogen) atoms. The number of nitrogens with zero attached hydrogens (tertiary/aromatic N) is 2. The fraction of sp³-hybridized carbons (Fsp3) is 0.0833. The fourth-order valence-electron chi connectivity index (χ4n) is 1.41. The molecule has 0 aliphatic carbocycles. The standard InChI is InChI=1S/C12H9Cl2N3O2/c1-19-8-4-2-3-7(5-8)15-12(18)9-6-10(13)16-17-11(9)14/h2-6H,1H3,(H,15,18). The molecule has 0 unspecified atom stereocenters. The molecule has 2 rings (SSSR count). The van der Waals surface area contributed by atoms with E-state index in [1.165, 1.54) is 6.07 Å². The molecule has 2 aromatic rings. The lowest BCUT2D eigenvalue weighted by molar-refractivity contribution is 0.102. The number of benzene rings is 1. The number of amides is 1. The number of rotatable bonds is 3. The van der Waals surface area contributed by atoms with Gasteiger partial charge in [-0.15, -0.1) is 10.2 Å². The summed E-state index contributed by atoms with van der Waals surface area (Å²) < 4.78 is 5.06. The zero-order valence-electron chi connectivity index (χ0n) is 9.85. The number of aromatic nitrogens is 2. The van der Waals surface area contributed by atoms with Crippen molar-refractivity contribution in [3.63, 3.8) is 0 Å². The maximum Gasteiger partial charge on any atom is 0.258 e. The Morgan fingerprint density at radius 1 is 1.26 bits per heavy atom. The molecule has 0 saturated heterocycles. The van der Waals surface area contributed by atoms with Crippen molar-refractivity contribution < 1.29 is 9.53 Å². The Morgan fingerprint density at radius 2 is 2.05 bits per heavy atom. The number of ether oxygens (including phenoxy) is 1. The summed E-state index contributed by atoms with van der Waals surface area (Å²) in [6, 6.07) is 8.29. The molecule has 1 N–H and O–H groups in total. The molecule has 0 bridgehead atoms. The van der Waals surface area contributed by atoms with Crippen LogP contribution in [0.3, 0.4) is 0 Å². The van der Waals surface area contributed by atoms with Crippen LogP contribution in [0.15, 0.2) is 30.3 Å². The Bertz CT molecular complexity index is 620. The lowest BCUT2D eigenvalue weighted by Gasteiger charge is -2.07. The van der Waals surface area contributed by atoms with Gasteiger partial charge in [-0.25, -0.2) is 0 Å². The van der Waals surface area contributed by atoms with Gasteiger partial charge in [-0.1, -0.05) is 29.3 Å². The van der Waals surface area contributed by atoms with Crippen molar-refractivity contribution >= 4 is 34.8 Å². The van der Waals surface area contributed by atoms with E-state index in [4.69, 9.17) is 27.9 Å². The fourth-order valence-corrected chi connectivity index (χ4v) is 1.74. The smallest absolute Gasteiger partial charge is 0.258 e. The minimum absolute atomic E-state index is 0.00945. The largest absolute Gasteiger partial charge is 0.497 e. The number of carbonyl (C=O) groups excluding carboxylic acids is 1. The van der Waals surface area contributed by atoms with Gasteiger partial charge in [0.25, 0.3) is 5.91 Å². The zero-order valence-corrected chi connectivity index (χ0v) is 11.4. The second-order valence-corrected chi connectivity index (χ2v) is 4.30. The first kappa shape index (κ1) is 13.6. The predicted octanol–water partition coefficient (Wildman–Crippen LogP) is 3.04. The Balaban J connectivity index is 2.23. The SMILES string of the molecule is COc1cccc(NC(=O)c2cc(Cl)nnc2Cl)c1. The Hall–Kier alpha value is -1.85. The topological polar surface area (TPSA) is 64.1 Å². The maximum absolute atomic E-state index is 12.0. The van der Waals surface area contributed by atoms with E-state index >= 15 is 0 Å². The van der Waals surface area contributed by atoms with Gasteiger partial charge >= 0.3 is 0 Å². The van der Waals surface area contributed by atoms with Gasteiger partial charge < -0.3 is 10.1 Å². The molecule has 0 saturated carbocycles. The normalized spacial score (nSPS) is 10.1. The first-order valence-electron chi connectivity index (χ1n) is 5.24. The number of methoxy groups -OCH3 is 1. The van der Waals surface area contributed by atoms with Gasteiger partial charge in [0.05, 0.1) is 12.7 Å². The van der Waals surface area contributed by atoms with Crippen molar-refractivity contribution in [2.24, 2.45) is 0 Å². The second kappa shape index (κ2) is 5.86. The lowest BCUT2D eigenvalue weighted by atomic mass is 10.2. The van der Waals surface area contributed by atoms with E-state index in [9.17, 15) is 4.79 Å². The zero-order chi connectivity index (χ0) is 13.8. The van der Waals surface area contributed by atoms with Gasteiger partial charge in [0.1, 0.15) is 5.75 Å². The van der Waals surface area contributed by atoms with Gasteiger partial charge in [0.2, 0.25) is 0 Å². The van der Waals surface area contributed by atoms with Crippen molar-refractivity contribution in [2.75, 3.05) is 12.4 Å². The maximum atomic E-state index is 12.0. The highest BCUT2D eigenvalue weighted by molar-refractivity contribution is 6.34. The molecule has 98 valence electrons. The van der Waals surface area contributed by atoms with E-state index in [1.807, 2.05) is 0 Å². The molecule has 1 aromatic carbocycles. The van der Waals surface area contributed by atoms with Crippen LogP contribution >= 0.6 is 23.2 Å². The third kappa shape index (κ3) is 3.33. The van der Waals surface area contributed by atoms with Crippen LogP contribution in [0.5, 0.6) is 5.75 Å². The molecular weight excluding hydrogens is 289 g/mol. The quantitative estimate of drug-likeness (QED) is 0.946. The third-order valence-corrected chi connectivity index (χ3v) is 2.76. The van der Waals surface area contributed by atoms with E-state index in [0.29, 0.717) is 11.4 Å². The summed E-state index contributed by atoms with van der Waals surface area (Å²) in [5.74, 6) is 0.213. The van der Waals surface area contributed by atoms with Crippen LogP contribution in [-0.4, -0.2) is 23.2 Å². The van der Waals surface area contributed by atoms with Crippen molar-refractivity contribution in [2.45, 2.75) is 0 Å². The van der Waals surface area contributed by atoms with Crippen LogP contribution in [0.2, 0.25) is 10.3 Å². The third-order valence-electron chi connectivity index (χ3n) is 2.29. The van der Waals surface area contributed by atoms with Crippen molar-refractivity contribution in [1.82, 2.24) is 10.2 Å². The summed E-state index contributed by atoms with van der Waals surface area (Å²) in [5, 5.41) is 9.87. The van der Waals surface area contributed by atoms with Crippen molar-refractivity contribution in [3.8, 4) is 5.75 Å². The summed E-state index contributed by atoms with van der Waals surface area (Å²) in [4.78, 5) is 12.0. The number of nitrogens with one attached hydrogen (secondary N) is 1. The van der Waals surface area contributed by atoms with Crippen LogP contribution in [0.1, 0.15) is 10.4 Å². The average molecular weight is 298 g/mol.